The van der Waals surface area contributed by atoms with Crippen LogP contribution >= 0.6 is 0 Å². The van der Waals surface area contributed by atoms with Gasteiger partial charge in [-0.05, 0) is 30.3 Å². The second kappa shape index (κ2) is 4.86. The van der Waals surface area contributed by atoms with Gasteiger partial charge < -0.3 is 4.74 Å². The molecule has 2 saturated heterocycles. The van der Waals surface area contributed by atoms with Crippen LogP contribution in [0.2, 0.25) is 0 Å². The van der Waals surface area contributed by atoms with E-state index in [0.717, 1.165) is 5.76 Å². The minimum absolute atomic E-state index is 0.181. The van der Waals surface area contributed by atoms with E-state index in [4.69, 9.17) is 4.74 Å². The van der Waals surface area contributed by atoms with Gasteiger partial charge in [0.25, 0.3) is 0 Å². The number of ether oxygens (including phenoxy) is 1. The van der Waals surface area contributed by atoms with Crippen molar-refractivity contribution >= 4 is 6.08 Å². The highest BCUT2D eigenvalue weighted by Crippen LogP contribution is 2.52. The van der Waals surface area contributed by atoms with Gasteiger partial charge in [-0.3, -0.25) is 4.90 Å². The van der Waals surface area contributed by atoms with E-state index in [1.54, 1.807) is 0 Å². The van der Waals surface area contributed by atoms with Crippen LogP contribution in [0.5, 0.6) is 0 Å². The van der Waals surface area contributed by atoms with Crippen molar-refractivity contribution in [2.45, 2.75) is 24.1 Å². The van der Waals surface area contributed by atoms with E-state index in [1.165, 1.54) is 16.7 Å². The quantitative estimate of drug-likeness (QED) is 0.712. The number of benzene rings is 1. The molecule has 2 fully saturated rings. The molecule has 1 aromatic rings. The van der Waals surface area contributed by atoms with Crippen LogP contribution in [0, 0.1) is 11.8 Å². The topological polar surface area (TPSA) is 12.5 Å². The summed E-state index contributed by atoms with van der Waals surface area (Å²) in [6.07, 6.45) is 18.5. The molecule has 0 amide bonds. The van der Waals surface area contributed by atoms with Gasteiger partial charge in [-0.15, -0.1) is 0 Å². The van der Waals surface area contributed by atoms with Gasteiger partial charge in [0, 0.05) is 35.4 Å². The Bertz CT molecular complexity index is 902. The highest BCUT2D eigenvalue weighted by atomic mass is 16.5. The molecule has 6 unspecified atom stereocenters. The number of likely N-dealkylation sites (tertiary alicyclic amines) is 1. The molecule has 2 nitrogen and oxygen atoms in total. The highest BCUT2D eigenvalue weighted by molar-refractivity contribution is 5.61. The minimum Gasteiger partial charge on any atom is -0.485 e. The van der Waals surface area contributed by atoms with Crippen LogP contribution in [0.15, 0.2) is 78.1 Å². The van der Waals surface area contributed by atoms with Gasteiger partial charge in [0.1, 0.15) is 11.9 Å². The average molecular weight is 327 g/mol. The van der Waals surface area contributed by atoms with Crippen LogP contribution in [0.4, 0.5) is 0 Å². The second-order valence-electron chi connectivity index (χ2n) is 7.77. The number of fused-ring (bicyclic) bond motifs is 8. The predicted octanol–water partition coefficient (Wildman–Crippen LogP) is 4.06. The molecule has 0 saturated carbocycles. The Morgan fingerprint density at radius 2 is 1.84 bits per heavy atom. The standard InChI is InChI=1S/C23H21NO/c1-24-19-11-10-14-6-2-3-7-15(14)23(19)18-13-22-17(12-20(18)24)16-8-4-5-9-21(16)25-22/h2-13,16,18-21,23H,1H3. The molecule has 2 heterocycles. The maximum atomic E-state index is 6.30. The molecule has 0 aromatic heterocycles. The van der Waals surface area contributed by atoms with Crippen LogP contribution in [0.3, 0.4) is 0 Å². The third-order valence-electron chi connectivity index (χ3n) is 6.63. The zero-order valence-electron chi connectivity index (χ0n) is 14.2. The number of allylic oxidation sites excluding steroid dienone is 3. The summed E-state index contributed by atoms with van der Waals surface area (Å²) < 4.78 is 6.30. The summed E-state index contributed by atoms with van der Waals surface area (Å²) in [6.45, 7) is 0. The Kier molecular flexibility index (Phi) is 2.70. The molecule has 6 atom stereocenters. The Morgan fingerprint density at radius 3 is 2.80 bits per heavy atom. The maximum absolute atomic E-state index is 6.30. The van der Waals surface area contributed by atoms with E-state index in [1.807, 2.05) is 0 Å². The van der Waals surface area contributed by atoms with Crippen LogP contribution in [0.25, 0.3) is 6.08 Å². The molecule has 25 heavy (non-hydrogen) atoms. The van der Waals surface area contributed by atoms with E-state index in [9.17, 15) is 0 Å². The van der Waals surface area contributed by atoms with E-state index < -0.39 is 0 Å². The Morgan fingerprint density at radius 1 is 0.960 bits per heavy atom. The molecule has 0 radical (unpaired) electrons. The van der Waals surface area contributed by atoms with Crippen molar-refractivity contribution in [3.63, 3.8) is 0 Å². The molecule has 0 N–H and O–H groups in total. The molecule has 1 aromatic carbocycles. The molecule has 0 spiro atoms. The van der Waals surface area contributed by atoms with Gasteiger partial charge in [0.15, 0.2) is 0 Å². The molecule has 124 valence electrons. The van der Waals surface area contributed by atoms with Gasteiger partial charge in [-0.25, -0.2) is 0 Å². The lowest BCUT2D eigenvalue weighted by molar-refractivity contribution is 0.181. The molecule has 2 aliphatic heterocycles. The Labute approximate surface area is 148 Å². The number of likely N-dealkylation sites (N-methyl/N-ethyl adjacent to an activating group) is 1. The summed E-state index contributed by atoms with van der Waals surface area (Å²) in [5, 5.41) is 0. The number of hydrogen-bond donors (Lipinski definition) is 0. The summed E-state index contributed by atoms with van der Waals surface area (Å²) >= 11 is 0. The molecule has 5 aliphatic rings. The van der Waals surface area contributed by atoms with Crippen molar-refractivity contribution in [3.8, 4) is 0 Å². The van der Waals surface area contributed by atoms with Gasteiger partial charge in [-0.2, -0.15) is 0 Å². The van der Waals surface area contributed by atoms with Crippen molar-refractivity contribution < 1.29 is 4.74 Å². The van der Waals surface area contributed by atoms with Crippen molar-refractivity contribution in [2.24, 2.45) is 11.8 Å². The van der Waals surface area contributed by atoms with E-state index in [-0.39, 0.29) is 6.10 Å². The third-order valence-corrected chi connectivity index (χ3v) is 6.63. The zero-order valence-corrected chi connectivity index (χ0v) is 14.2. The SMILES string of the molecule is CN1C2C=C3C(=CC2C2c4ccccc4C=CC21)OC1C=CC=CC31. The van der Waals surface area contributed by atoms with Crippen molar-refractivity contribution in [2.75, 3.05) is 7.05 Å². The number of nitrogens with zero attached hydrogens (tertiary/aromatic N) is 1. The van der Waals surface area contributed by atoms with E-state index >= 15 is 0 Å². The first kappa shape index (κ1) is 13.9. The fourth-order valence-corrected chi connectivity index (χ4v) is 5.46. The summed E-state index contributed by atoms with van der Waals surface area (Å²) in [5.74, 6) is 2.50. The number of rotatable bonds is 0. The summed E-state index contributed by atoms with van der Waals surface area (Å²) in [7, 11) is 2.28. The van der Waals surface area contributed by atoms with E-state index in [2.05, 4.69) is 84.8 Å². The van der Waals surface area contributed by atoms with Gasteiger partial charge in [-0.1, -0.05) is 60.7 Å². The summed E-state index contributed by atoms with van der Waals surface area (Å²) in [5.41, 5.74) is 4.24. The first-order valence-corrected chi connectivity index (χ1v) is 9.26. The first-order valence-electron chi connectivity index (χ1n) is 9.26. The van der Waals surface area contributed by atoms with Gasteiger partial charge in [0.05, 0.1) is 0 Å². The van der Waals surface area contributed by atoms with Crippen molar-refractivity contribution in [3.05, 3.63) is 89.3 Å². The normalized spacial score (nSPS) is 39.6. The zero-order chi connectivity index (χ0) is 16.5. The van der Waals surface area contributed by atoms with Crippen molar-refractivity contribution in [1.82, 2.24) is 4.90 Å². The molecule has 0 bridgehead atoms. The average Bonchev–Trinajstić information content (AvgIpc) is 3.16. The minimum atomic E-state index is 0.181. The summed E-state index contributed by atoms with van der Waals surface area (Å²) in [6, 6.07) is 9.78. The Balaban J connectivity index is 1.47. The molecular weight excluding hydrogens is 306 g/mol. The monoisotopic (exact) mass is 327 g/mol. The molecular formula is C23H21NO. The van der Waals surface area contributed by atoms with E-state index in [0.29, 0.717) is 29.8 Å². The van der Waals surface area contributed by atoms with Crippen LogP contribution in [-0.4, -0.2) is 30.1 Å². The summed E-state index contributed by atoms with van der Waals surface area (Å²) in [4.78, 5) is 2.55. The Hall–Kier alpha value is -2.32. The first-order chi connectivity index (χ1) is 12.3. The largest absolute Gasteiger partial charge is 0.485 e. The fraction of sp³-hybridized carbons (Fsp3) is 0.304. The lowest BCUT2D eigenvalue weighted by atomic mass is 9.74. The smallest absolute Gasteiger partial charge is 0.128 e. The molecule has 6 rings (SSSR count). The van der Waals surface area contributed by atoms with Crippen LogP contribution in [-0.2, 0) is 4.74 Å². The second-order valence-corrected chi connectivity index (χ2v) is 7.77. The van der Waals surface area contributed by atoms with Gasteiger partial charge >= 0.3 is 0 Å². The van der Waals surface area contributed by atoms with Crippen LogP contribution in [0.1, 0.15) is 17.0 Å². The van der Waals surface area contributed by atoms with Crippen LogP contribution < -0.4 is 0 Å². The fourth-order valence-electron chi connectivity index (χ4n) is 5.46. The maximum Gasteiger partial charge on any atom is 0.128 e. The lowest BCUT2D eigenvalue weighted by Gasteiger charge is -2.28. The molecule has 2 heteroatoms. The molecule has 3 aliphatic carbocycles. The highest BCUT2D eigenvalue weighted by Gasteiger charge is 2.50. The lowest BCUT2D eigenvalue weighted by Crippen LogP contribution is -2.33. The third kappa shape index (κ3) is 1.78. The van der Waals surface area contributed by atoms with Gasteiger partial charge in [0.2, 0.25) is 0 Å². The predicted molar refractivity (Wildman–Crippen MR) is 99.9 cm³/mol. The van der Waals surface area contributed by atoms with Crippen molar-refractivity contribution in [1.29, 1.82) is 0 Å². The number of hydrogen-bond acceptors (Lipinski definition) is 2.